The molecule has 0 bridgehead atoms. The Kier molecular flexibility index (Phi) is 17.3. The van der Waals surface area contributed by atoms with E-state index in [2.05, 4.69) is 20.8 Å². The zero-order valence-corrected chi connectivity index (χ0v) is 16.3. The zero-order valence-electron chi connectivity index (χ0n) is 16.3. The molecular weight excluding hydrogens is 280 g/mol. The van der Waals surface area contributed by atoms with Gasteiger partial charge in [-0.3, -0.25) is 4.79 Å². The van der Waals surface area contributed by atoms with Crippen LogP contribution in [0.4, 0.5) is 0 Å². The number of carbonyl (C=O) groups is 1. The molecule has 0 aliphatic heterocycles. The van der Waals surface area contributed by atoms with Crippen LogP contribution in [0, 0.1) is 0 Å². The Hall–Kier alpha value is -0.590. The summed E-state index contributed by atoms with van der Waals surface area (Å²) in [6.45, 7) is 6.64. The van der Waals surface area contributed by atoms with Crippen molar-refractivity contribution >= 4 is 5.78 Å². The van der Waals surface area contributed by atoms with Gasteiger partial charge in [0.25, 0.3) is 0 Å². The van der Waals surface area contributed by atoms with E-state index in [0.717, 1.165) is 19.3 Å². The van der Waals surface area contributed by atoms with Gasteiger partial charge in [0.2, 0.25) is 0 Å². The minimum atomic E-state index is 0.346. The number of ketones is 1. The molecule has 1 nitrogen and oxygen atoms in total. The van der Waals surface area contributed by atoms with Gasteiger partial charge in [0.1, 0.15) is 0 Å². The van der Waals surface area contributed by atoms with Crippen LogP contribution in [0.5, 0.6) is 0 Å². The first-order valence-corrected chi connectivity index (χ1v) is 10.4. The van der Waals surface area contributed by atoms with Gasteiger partial charge >= 0.3 is 0 Å². The molecule has 1 heteroatoms. The molecule has 0 amide bonds. The average molecular weight is 323 g/mol. The van der Waals surface area contributed by atoms with Gasteiger partial charge in [-0.2, -0.15) is 0 Å². The first-order valence-electron chi connectivity index (χ1n) is 10.4. The number of hydrogen-bond acceptors (Lipinski definition) is 1. The van der Waals surface area contributed by atoms with Crippen LogP contribution in [0.1, 0.15) is 124 Å². The summed E-state index contributed by atoms with van der Waals surface area (Å²) in [5.74, 6) is 0.346. The number of rotatable bonds is 17. The summed E-state index contributed by atoms with van der Waals surface area (Å²) in [5, 5.41) is 0. The molecular formula is C22H42O. The normalized spacial score (nSPS) is 11.9. The molecule has 0 unspecified atom stereocenters. The molecule has 0 radical (unpaired) electrons. The molecule has 0 saturated carbocycles. The highest BCUT2D eigenvalue weighted by Crippen LogP contribution is 2.13. The fourth-order valence-electron chi connectivity index (χ4n) is 3.04. The molecule has 0 rings (SSSR count). The second-order valence-electron chi connectivity index (χ2n) is 7.20. The molecule has 136 valence electrons. The third kappa shape index (κ3) is 17.6. The summed E-state index contributed by atoms with van der Waals surface area (Å²) in [7, 11) is 0. The molecule has 0 heterocycles. The molecule has 0 atom stereocenters. The lowest BCUT2D eigenvalue weighted by molar-refractivity contribution is -0.114. The van der Waals surface area contributed by atoms with Crippen molar-refractivity contribution in [2.45, 2.75) is 124 Å². The fourth-order valence-corrected chi connectivity index (χ4v) is 3.04. The van der Waals surface area contributed by atoms with E-state index in [1.807, 2.05) is 6.08 Å². The van der Waals surface area contributed by atoms with Crippen molar-refractivity contribution in [1.82, 2.24) is 0 Å². The number of allylic oxidation sites excluding steroid dienone is 2. The molecule has 0 aromatic heterocycles. The van der Waals surface area contributed by atoms with Gasteiger partial charge in [0, 0.05) is 6.42 Å². The molecule has 23 heavy (non-hydrogen) atoms. The van der Waals surface area contributed by atoms with Crippen LogP contribution in [0.25, 0.3) is 0 Å². The standard InChI is InChI=1S/C22H42O/c1-4-6-8-10-12-14-16-18-21(3)20-22(23)19-17-15-13-11-9-7-5-2/h20H,4-19H2,1-3H3/b21-20-. The smallest absolute Gasteiger partial charge is 0.155 e. The topological polar surface area (TPSA) is 17.1 Å². The third-order valence-corrected chi connectivity index (χ3v) is 4.61. The first-order chi connectivity index (χ1) is 11.2. The van der Waals surface area contributed by atoms with Gasteiger partial charge in [-0.15, -0.1) is 0 Å². The first kappa shape index (κ1) is 22.4. The maximum Gasteiger partial charge on any atom is 0.155 e. The minimum absolute atomic E-state index is 0.346. The van der Waals surface area contributed by atoms with Crippen LogP contribution < -0.4 is 0 Å². The Balaban J connectivity index is 3.48. The highest BCUT2D eigenvalue weighted by molar-refractivity contribution is 5.90. The Morgan fingerprint density at radius 1 is 0.609 bits per heavy atom. The van der Waals surface area contributed by atoms with Gasteiger partial charge in [-0.05, 0) is 32.3 Å². The van der Waals surface area contributed by atoms with Crippen molar-refractivity contribution in [3.05, 3.63) is 11.6 Å². The van der Waals surface area contributed by atoms with Crippen molar-refractivity contribution < 1.29 is 4.79 Å². The maximum atomic E-state index is 11.9. The lowest BCUT2D eigenvalue weighted by atomic mass is 10.0. The highest BCUT2D eigenvalue weighted by Gasteiger charge is 2.00. The molecule has 0 N–H and O–H groups in total. The Morgan fingerprint density at radius 3 is 1.48 bits per heavy atom. The number of unbranched alkanes of at least 4 members (excludes halogenated alkanes) is 12. The second-order valence-corrected chi connectivity index (χ2v) is 7.20. The van der Waals surface area contributed by atoms with Crippen LogP contribution >= 0.6 is 0 Å². The number of carbonyl (C=O) groups excluding carboxylic acids is 1. The SMILES string of the molecule is CCCCCCCCCC(=O)/C=C(/C)CCCCCCCCC. The molecule has 0 saturated heterocycles. The predicted octanol–water partition coefficient (Wildman–Crippen LogP) is 7.78. The predicted molar refractivity (Wildman–Crippen MR) is 104 cm³/mol. The van der Waals surface area contributed by atoms with E-state index >= 15 is 0 Å². The van der Waals surface area contributed by atoms with E-state index in [9.17, 15) is 4.79 Å². The molecule has 0 fully saturated rings. The van der Waals surface area contributed by atoms with E-state index in [-0.39, 0.29) is 0 Å². The average Bonchev–Trinajstić information content (AvgIpc) is 2.53. The Bertz CT molecular complexity index is 290. The quantitative estimate of drug-likeness (QED) is 0.197. The summed E-state index contributed by atoms with van der Waals surface area (Å²) in [5.41, 5.74) is 1.28. The van der Waals surface area contributed by atoms with E-state index in [1.165, 1.54) is 89.0 Å². The molecule has 0 aliphatic carbocycles. The van der Waals surface area contributed by atoms with E-state index in [1.54, 1.807) is 0 Å². The highest BCUT2D eigenvalue weighted by atomic mass is 16.1. The van der Waals surface area contributed by atoms with Crippen molar-refractivity contribution in [3.63, 3.8) is 0 Å². The molecule has 0 aromatic rings. The van der Waals surface area contributed by atoms with Crippen LogP contribution in [-0.2, 0) is 4.79 Å². The van der Waals surface area contributed by atoms with Gasteiger partial charge in [0.05, 0.1) is 0 Å². The fraction of sp³-hybridized carbons (Fsp3) is 0.864. The van der Waals surface area contributed by atoms with Crippen LogP contribution in [0.2, 0.25) is 0 Å². The summed E-state index contributed by atoms with van der Waals surface area (Å²) < 4.78 is 0. The zero-order chi connectivity index (χ0) is 17.2. The largest absolute Gasteiger partial charge is 0.295 e. The van der Waals surface area contributed by atoms with Gasteiger partial charge in [-0.1, -0.05) is 96.5 Å². The minimum Gasteiger partial charge on any atom is -0.295 e. The molecule has 0 spiro atoms. The van der Waals surface area contributed by atoms with Crippen LogP contribution in [0.15, 0.2) is 11.6 Å². The van der Waals surface area contributed by atoms with Gasteiger partial charge in [0.15, 0.2) is 5.78 Å². The van der Waals surface area contributed by atoms with Crippen molar-refractivity contribution in [2.75, 3.05) is 0 Å². The summed E-state index contributed by atoms with van der Waals surface area (Å²) in [6.07, 6.45) is 22.1. The lowest BCUT2D eigenvalue weighted by Gasteiger charge is -2.03. The number of hydrogen-bond donors (Lipinski definition) is 0. The molecule has 0 aliphatic rings. The van der Waals surface area contributed by atoms with Crippen molar-refractivity contribution in [3.8, 4) is 0 Å². The van der Waals surface area contributed by atoms with E-state index < -0.39 is 0 Å². The summed E-state index contributed by atoms with van der Waals surface area (Å²) in [6, 6.07) is 0. The van der Waals surface area contributed by atoms with Gasteiger partial charge < -0.3 is 0 Å². The summed E-state index contributed by atoms with van der Waals surface area (Å²) in [4.78, 5) is 11.9. The Morgan fingerprint density at radius 2 is 1.00 bits per heavy atom. The van der Waals surface area contributed by atoms with E-state index in [0.29, 0.717) is 5.78 Å². The van der Waals surface area contributed by atoms with Gasteiger partial charge in [-0.25, -0.2) is 0 Å². The van der Waals surface area contributed by atoms with Crippen LogP contribution in [0.3, 0.4) is 0 Å². The van der Waals surface area contributed by atoms with E-state index in [4.69, 9.17) is 0 Å². The second kappa shape index (κ2) is 17.8. The monoisotopic (exact) mass is 322 g/mol. The third-order valence-electron chi connectivity index (χ3n) is 4.61. The maximum absolute atomic E-state index is 11.9. The molecule has 0 aromatic carbocycles. The summed E-state index contributed by atoms with van der Waals surface area (Å²) >= 11 is 0. The lowest BCUT2D eigenvalue weighted by Crippen LogP contribution is -1.95. The Labute approximate surface area is 146 Å². The van der Waals surface area contributed by atoms with Crippen molar-refractivity contribution in [1.29, 1.82) is 0 Å². The van der Waals surface area contributed by atoms with Crippen LogP contribution in [-0.4, -0.2) is 5.78 Å². The van der Waals surface area contributed by atoms with Crippen molar-refractivity contribution in [2.24, 2.45) is 0 Å².